The number of anilines is 2. The number of halogens is 4. The zero-order valence-electron chi connectivity index (χ0n) is 16.0. The average Bonchev–Trinajstić information content (AvgIpc) is 2.69. The number of aryl methyl sites for hydroxylation is 1. The molecule has 0 aliphatic carbocycles. The molecule has 30 heavy (non-hydrogen) atoms. The quantitative estimate of drug-likeness (QED) is 0.429. The highest BCUT2D eigenvalue weighted by Gasteiger charge is 2.35. The van der Waals surface area contributed by atoms with E-state index in [9.17, 15) is 32.5 Å². The Morgan fingerprint density at radius 2 is 1.83 bits per heavy atom. The van der Waals surface area contributed by atoms with E-state index in [0.717, 1.165) is 17.7 Å². The maximum atomic E-state index is 13.9. The molecule has 160 valence electrons. The normalized spacial score (nSPS) is 15.2. The molecule has 1 heterocycles. The van der Waals surface area contributed by atoms with Crippen LogP contribution in [0.3, 0.4) is 0 Å². The zero-order valence-corrected chi connectivity index (χ0v) is 16.0. The number of rotatable bonds is 4. The predicted octanol–water partition coefficient (Wildman–Crippen LogP) is 4.92. The minimum Gasteiger partial charge on any atom is -0.366 e. The van der Waals surface area contributed by atoms with Gasteiger partial charge in [-0.3, -0.25) is 14.9 Å². The summed E-state index contributed by atoms with van der Waals surface area (Å²) >= 11 is 0. The summed E-state index contributed by atoms with van der Waals surface area (Å²) in [6.45, 7) is 2.23. The third-order valence-electron chi connectivity index (χ3n) is 5.09. The van der Waals surface area contributed by atoms with E-state index in [1.165, 1.54) is 12.1 Å². The van der Waals surface area contributed by atoms with Crippen LogP contribution in [0, 0.1) is 28.8 Å². The fraction of sp³-hybridized carbons (Fsp3) is 0.350. The fourth-order valence-corrected chi connectivity index (χ4v) is 3.45. The monoisotopic (exact) mass is 425 g/mol. The Kier molecular flexibility index (Phi) is 5.95. The van der Waals surface area contributed by atoms with Crippen LogP contribution < -0.4 is 10.2 Å². The van der Waals surface area contributed by atoms with Gasteiger partial charge in [-0.1, -0.05) is 6.07 Å². The number of hydrogen-bond acceptors (Lipinski definition) is 4. The highest BCUT2D eigenvalue weighted by molar-refractivity contribution is 5.92. The Morgan fingerprint density at radius 1 is 1.17 bits per heavy atom. The van der Waals surface area contributed by atoms with E-state index in [-0.39, 0.29) is 30.4 Å². The second kappa shape index (κ2) is 8.29. The minimum atomic E-state index is -4.68. The summed E-state index contributed by atoms with van der Waals surface area (Å²) in [4.78, 5) is 24.5. The van der Waals surface area contributed by atoms with Crippen molar-refractivity contribution in [2.45, 2.75) is 25.9 Å². The molecule has 3 rings (SSSR count). The number of nitro benzene ring substituents is 1. The number of alkyl halides is 3. The number of carbonyl (C=O) groups is 1. The van der Waals surface area contributed by atoms with Gasteiger partial charge in [0.05, 0.1) is 16.2 Å². The number of amides is 1. The first-order valence-electron chi connectivity index (χ1n) is 9.24. The van der Waals surface area contributed by atoms with Gasteiger partial charge in [0.15, 0.2) is 0 Å². The van der Waals surface area contributed by atoms with E-state index in [1.807, 2.05) is 0 Å². The van der Waals surface area contributed by atoms with Crippen LogP contribution >= 0.6 is 0 Å². The van der Waals surface area contributed by atoms with Crippen molar-refractivity contribution in [1.82, 2.24) is 0 Å². The Balaban J connectivity index is 1.69. The molecule has 0 spiro atoms. The molecule has 6 nitrogen and oxygen atoms in total. The van der Waals surface area contributed by atoms with E-state index in [0.29, 0.717) is 18.9 Å². The van der Waals surface area contributed by atoms with Crippen LogP contribution in [0.1, 0.15) is 24.0 Å². The number of nitrogens with zero attached hydrogens (tertiary/aromatic N) is 2. The SMILES string of the molecule is Cc1ccc(NC(=O)C2CCN(c3ccc(C(F)(F)F)cc3[N+](=O)[O-])CC2)c(F)c1. The van der Waals surface area contributed by atoms with Crippen molar-refractivity contribution in [3.05, 3.63) is 63.5 Å². The molecule has 1 aliphatic rings. The van der Waals surface area contributed by atoms with Crippen LogP contribution in [0.25, 0.3) is 0 Å². The number of carbonyl (C=O) groups excluding carboxylic acids is 1. The second-order valence-corrected chi connectivity index (χ2v) is 7.19. The summed E-state index contributed by atoms with van der Waals surface area (Å²) in [7, 11) is 0. The van der Waals surface area contributed by atoms with Crippen molar-refractivity contribution in [2.75, 3.05) is 23.3 Å². The highest BCUT2D eigenvalue weighted by atomic mass is 19.4. The maximum Gasteiger partial charge on any atom is 0.416 e. The van der Waals surface area contributed by atoms with Gasteiger partial charge >= 0.3 is 6.18 Å². The number of benzene rings is 2. The molecule has 1 fully saturated rings. The molecule has 1 saturated heterocycles. The van der Waals surface area contributed by atoms with Crippen molar-refractivity contribution < 1.29 is 27.3 Å². The fourth-order valence-electron chi connectivity index (χ4n) is 3.45. The van der Waals surface area contributed by atoms with Crippen molar-refractivity contribution in [1.29, 1.82) is 0 Å². The molecular weight excluding hydrogens is 406 g/mol. The van der Waals surface area contributed by atoms with Gasteiger partial charge in [-0.25, -0.2) is 4.39 Å². The molecule has 0 aromatic heterocycles. The summed E-state index contributed by atoms with van der Waals surface area (Å²) in [5.41, 5.74) is -0.846. The lowest BCUT2D eigenvalue weighted by Gasteiger charge is -2.32. The molecule has 0 unspecified atom stereocenters. The Bertz CT molecular complexity index is 970. The lowest BCUT2D eigenvalue weighted by Crippen LogP contribution is -2.38. The van der Waals surface area contributed by atoms with Crippen molar-refractivity contribution in [3.8, 4) is 0 Å². The highest BCUT2D eigenvalue weighted by Crippen LogP contribution is 2.37. The average molecular weight is 425 g/mol. The van der Waals surface area contributed by atoms with E-state index < -0.39 is 34.1 Å². The van der Waals surface area contributed by atoms with Crippen LogP contribution in [0.4, 0.5) is 34.6 Å². The third-order valence-corrected chi connectivity index (χ3v) is 5.09. The number of nitro groups is 1. The van der Waals surface area contributed by atoms with Gasteiger partial charge in [-0.15, -0.1) is 0 Å². The molecule has 1 N–H and O–H groups in total. The summed E-state index contributed by atoms with van der Waals surface area (Å²) in [5.74, 6) is -1.34. The molecule has 2 aromatic rings. The van der Waals surface area contributed by atoms with Crippen molar-refractivity contribution in [3.63, 3.8) is 0 Å². The van der Waals surface area contributed by atoms with Crippen LogP contribution in [0.15, 0.2) is 36.4 Å². The Labute approximate surface area is 169 Å². The van der Waals surface area contributed by atoms with Gasteiger partial charge in [0, 0.05) is 25.1 Å². The lowest BCUT2D eigenvalue weighted by molar-refractivity contribution is -0.384. The molecule has 0 atom stereocenters. The Hall–Kier alpha value is -3.17. The summed E-state index contributed by atoms with van der Waals surface area (Å²) in [5, 5.41) is 13.8. The summed E-state index contributed by atoms with van der Waals surface area (Å²) in [6, 6.07) is 6.87. The first kappa shape index (κ1) is 21.5. The number of hydrogen-bond donors (Lipinski definition) is 1. The van der Waals surface area contributed by atoms with E-state index >= 15 is 0 Å². The lowest BCUT2D eigenvalue weighted by atomic mass is 9.95. The topological polar surface area (TPSA) is 75.5 Å². The molecule has 0 radical (unpaired) electrons. The first-order valence-corrected chi connectivity index (χ1v) is 9.24. The molecular formula is C20H19F4N3O3. The smallest absolute Gasteiger partial charge is 0.366 e. The van der Waals surface area contributed by atoms with Crippen molar-refractivity contribution >= 4 is 23.0 Å². The van der Waals surface area contributed by atoms with Gasteiger partial charge in [-0.05, 0) is 49.6 Å². The summed E-state index contributed by atoms with van der Waals surface area (Å²) in [6.07, 6.45) is -4.02. The molecule has 2 aromatic carbocycles. The Morgan fingerprint density at radius 3 is 2.40 bits per heavy atom. The van der Waals surface area contributed by atoms with Gasteiger partial charge in [0.25, 0.3) is 5.69 Å². The largest absolute Gasteiger partial charge is 0.416 e. The van der Waals surface area contributed by atoms with Gasteiger partial charge in [-0.2, -0.15) is 13.2 Å². The molecule has 1 aliphatic heterocycles. The number of piperidine rings is 1. The van der Waals surface area contributed by atoms with Gasteiger partial charge in [0.2, 0.25) is 5.91 Å². The first-order chi connectivity index (χ1) is 14.1. The summed E-state index contributed by atoms with van der Waals surface area (Å²) < 4.78 is 52.5. The second-order valence-electron chi connectivity index (χ2n) is 7.19. The minimum absolute atomic E-state index is 0.0754. The van der Waals surface area contributed by atoms with Gasteiger partial charge in [0.1, 0.15) is 11.5 Å². The van der Waals surface area contributed by atoms with Crippen LogP contribution in [-0.4, -0.2) is 23.9 Å². The van der Waals surface area contributed by atoms with Crippen LogP contribution in [0.5, 0.6) is 0 Å². The van der Waals surface area contributed by atoms with Crippen LogP contribution in [-0.2, 0) is 11.0 Å². The third kappa shape index (κ3) is 4.69. The maximum absolute atomic E-state index is 13.9. The van der Waals surface area contributed by atoms with E-state index in [1.54, 1.807) is 17.9 Å². The zero-order chi connectivity index (χ0) is 22.1. The van der Waals surface area contributed by atoms with Crippen LogP contribution in [0.2, 0.25) is 0 Å². The van der Waals surface area contributed by atoms with Crippen molar-refractivity contribution in [2.24, 2.45) is 5.92 Å². The number of nitrogens with one attached hydrogen (secondary N) is 1. The molecule has 0 saturated carbocycles. The van der Waals surface area contributed by atoms with E-state index in [4.69, 9.17) is 0 Å². The van der Waals surface area contributed by atoms with Gasteiger partial charge < -0.3 is 10.2 Å². The van der Waals surface area contributed by atoms with E-state index in [2.05, 4.69) is 5.32 Å². The predicted molar refractivity (Wildman–Crippen MR) is 103 cm³/mol. The standard InChI is InChI=1S/C20H19F4N3O3/c1-12-2-4-16(15(21)10-12)25-19(28)13-6-8-26(9-7-13)17-5-3-14(20(22,23)24)11-18(17)27(29)30/h2-5,10-11,13H,6-9H2,1H3,(H,25,28). The molecule has 0 bridgehead atoms. The molecule has 1 amide bonds. The molecule has 10 heteroatoms.